The van der Waals surface area contributed by atoms with Crippen molar-refractivity contribution < 1.29 is 18.9 Å². The van der Waals surface area contributed by atoms with Gasteiger partial charge in [-0.15, -0.1) is 6.34 Å². The Balaban J connectivity index is 0.000000250. The number of nitrogens with zero attached hydrogens (tertiary/aromatic N) is 2. The maximum absolute atomic E-state index is 3.79. The van der Waals surface area contributed by atoms with E-state index in [2.05, 4.69) is 10.3 Å². The van der Waals surface area contributed by atoms with Crippen molar-refractivity contribution in [2.24, 2.45) is 4.99 Å². The summed E-state index contributed by atoms with van der Waals surface area (Å²) in [6, 6.07) is 0. The average Bonchev–Trinajstić information content (AvgIpc) is 1.76. The van der Waals surface area contributed by atoms with Crippen molar-refractivity contribution in [3.05, 3.63) is 5.32 Å². The van der Waals surface area contributed by atoms with Crippen molar-refractivity contribution in [1.82, 2.24) is 0 Å². The van der Waals surface area contributed by atoms with E-state index in [1.807, 2.05) is 0 Å². The Morgan fingerprint density at radius 1 is 1.67 bits per heavy atom. The van der Waals surface area contributed by atoms with Crippen LogP contribution >= 0.6 is 0 Å². The molecule has 3 heteroatoms. The Bertz CT molecular complexity index is 46.8. The van der Waals surface area contributed by atoms with Crippen LogP contribution in [0.2, 0.25) is 0 Å². The second kappa shape index (κ2) is 3.26. The predicted octanol–water partition coefficient (Wildman–Crippen LogP) is -2.59. The fraction of sp³-hybridized carbons (Fsp3) is 0.667. The van der Waals surface area contributed by atoms with Crippen molar-refractivity contribution in [2.75, 3.05) is 13.1 Å². The molecule has 0 radical (unpaired) electrons. The minimum atomic E-state index is 0. The van der Waals surface area contributed by atoms with Gasteiger partial charge < -0.3 is 10.3 Å². The molecule has 1 rings (SSSR count). The predicted molar refractivity (Wildman–Crippen MR) is 21.6 cm³/mol. The molecule has 0 spiro atoms. The first-order valence-corrected chi connectivity index (χ1v) is 1.65. The third-order valence-corrected chi connectivity index (χ3v) is 0.521. The molecule has 0 saturated heterocycles. The van der Waals surface area contributed by atoms with E-state index in [4.69, 9.17) is 0 Å². The van der Waals surface area contributed by atoms with Gasteiger partial charge in [-0.3, -0.25) is 0 Å². The van der Waals surface area contributed by atoms with Gasteiger partial charge in [-0.05, 0) is 0 Å². The van der Waals surface area contributed by atoms with Gasteiger partial charge in [0.2, 0.25) is 0 Å². The molecule has 1 aliphatic rings. The summed E-state index contributed by atoms with van der Waals surface area (Å²) >= 11 is 0. The molecule has 0 saturated carbocycles. The fourth-order valence-electron chi connectivity index (χ4n) is 0.289. The van der Waals surface area contributed by atoms with Crippen molar-refractivity contribution >= 4 is 6.34 Å². The fourth-order valence-corrected chi connectivity index (χ4v) is 0.289. The molecule has 0 aliphatic carbocycles. The van der Waals surface area contributed by atoms with Crippen LogP contribution < -0.4 is 18.9 Å². The van der Waals surface area contributed by atoms with Gasteiger partial charge in [0.15, 0.2) is 0 Å². The van der Waals surface area contributed by atoms with Crippen LogP contribution in [-0.2, 0) is 0 Å². The van der Waals surface area contributed by atoms with E-state index in [-0.39, 0.29) is 18.9 Å². The summed E-state index contributed by atoms with van der Waals surface area (Å²) in [5.41, 5.74) is 0. The van der Waals surface area contributed by atoms with Crippen molar-refractivity contribution in [2.45, 2.75) is 0 Å². The van der Waals surface area contributed by atoms with Gasteiger partial charge in [0.1, 0.15) is 0 Å². The summed E-state index contributed by atoms with van der Waals surface area (Å²) in [4.78, 5) is 3.79. The normalized spacial score (nSPS) is 16.0. The topological polar surface area (TPSA) is 26.5 Å². The van der Waals surface area contributed by atoms with Crippen molar-refractivity contribution in [3.63, 3.8) is 0 Å². The third kappa shape index (κ3) is 1.49. The zero-order valence-electron chi connectivity index (χ0n) is 3.89. The smallest absolute Gasteiger partial charge is 0.472 e. The van der Waals surface area contributed by atoms with E-state index in [0.717, 1.165) is 13.1 Å². The van der Waals surface area contributed by atoms with E-state index in [1.165, 1.54) is 0 Å². The summed E-state index contributed by atoms with van der Waals surface area (Å²) in [6.45, 7) is 1.81. The van der Waals surface area contributed by atoms with Crippen molar-refractivity contribution in [1.29, 1.82) is 0 Å². The van der Waals surface area contributed by atoms with Gasteiger partial charge in [-0.1, -0.05) is 13.1 Å². The van der Waals surface area contributed by atoms with Gasteiger partial charge in [0.05, 0.1) is 0 Å². The second-order valence-electron chi connectivity index (χ2n) is 0.928. The molecular weight excluding hydrogens is 71.0 g/mol. The summed E-state index contributed by atoms with van der Waals surface area (Å²) in [5, 5.41) is 3.79. The largest absolute Gasteiger partial charge is 1.00 e. The molecular formula is C3H5LiN2. The molecule has 2 nitrogen and oxygen atoms in total. The van der Waals surface area contributed by atoms with Crippen LogP contribution in [0.15, 0.2) is 4.99 Å². The SMILES string of the molecule is C1=NCC[N-]1.[Li+]. The number of rotatable bonds is 0. The Morgan fingerprint density at radius 3 is 2.67 bits per heavy atom. The third-order valence-electron chi connectivity index (χ3n) is 0.521. The summed E-state index contributed by atoms with van der Waals surface area (Å²) < 4.78 is 0. The molecule has 0 aromatic heterocycles. The summed E-state index contributed by atoms with van der Waals surface area (Å²) in [6.07, 6.45) is 1.61. The van der Waals surface area contributed by atoms with E-state index in [0.29, 0.717) is 0 Å². The van der Waals surface area contributed by atoms with Crippen LogP contribution in [0.4, 0.5) is 0 Å². The molecule has 0 unspecified atom stereocenters. The van der Waals surface area contributed by atoms with Crippen LogP contribution in [0, 0.1) is 0 Å². The van der Waals surface area contributed by atoms with Gasteiger partial charge in [-0.25, -0.2) is 0 Å². The van der Waals surface area contributed by atoms with E-state index in [9.17, 15) is 0 Å². The first-order chi connectivity index (χ1) is 2.50. The molecule has 6 heavy (non-hydrogen) atoms. The zero-order valence-corrected chi connectivity index (χ0v) is 3.89. The van der Waals surface area contributed by atoms with Crippen LogP contribution in [0.1, 0.15) is 0 Å². The standard InChI is InChI=1S/C3H5N2.Li/c1-2-5-3-4-1;/h3H,1-2H2;/q-1;+1. The van der Waals surface area contributed by atoms with E-state index < -0.39 is 0 Å². The maximum Gasteiger partial charge on any atom is 1.00 e. The minimum absolute atomic E-state index is 0. The van der Waals surface area contributed by atoms with Gasteiger partial charge in [0, 0.05) is 0 Å². The number of hydrogen-bond acceptors (Lipinski definition) is 1. The van der Waals surface area contributed by atoms with Crippen LogP contribution in [0.25, 0.3) is 5.32 Å². The number of aliphatic imine (C=N–C) groups is 1. The molecule has 0 aromatic rings. The molecule has 0 N–H and O–H groups in total. The summed E-state index contributed by atoms with van der Waals surface area (Å²) in [7, 11) is 0. The van der Waals surface area contributed by atoms with Gasteiger partial charge in [-0.2, -0.15) is 0 Å². The van der Waals surface area contributed by atoms with Crippen molar-refractivity contribution in [3.8, 4) is 0 Å². The molecule has 1 aliphatic heterocycles. The molecule has 1 heterocycles. The molecule has 28 valence electrons. The Hall–Kier alpha value is 0.0674. The monoisotopic (exact) mass is 76.1 g/mol. The van der Waals surface area contributed by atoms with Crippen LogP contribution in [-0.4, -0.2) is 19.4 Å². The Morgan fingerprint density at radius 2 is 2.50 bits per heavy atom. The Labute approximate surface area is 49.2 Å². The quantitative estimate of drug-likeness (QED) is 0.283. The zero-order chi connectivity index (χ0) is 3.54. The second-order valence-corrected chi connectivity index (χ2v) is 0.928. The average molecular weight is 76.0 g/mol. The maximum atomic E-state index is 3.79. The number of hydrogen-bond donors (Lipinski definition) is 0. The minimum Gasteiger partial charge on any atom is -0.472 e. The van der Waals surface area contributed by atoms with Crippen LogP contribution in [0.3, 0.4) is 0 Å². The van der Waals surface area contributed by atoms with Gasteiger partial charge >= 0.3 is 18.9 Å². The first kappa shape index (κ1) is 6.07. The molecule has 0 atom stereocenters. The van der Waals surface area contributed by atoms with Crippen LogP contribution in [0.5, 0.6) is 0 Å². The van der Waals surface area contributed by atoms with E-state index >= 15 is 0 Å². The van der Waals surface area contributed by atoms with Gasteiger partial charge in [0.25, 0.3) is 0 Å². The Kier molecular flexibility index (Phi) is 3.30. The molecule has 0 aromatic carbocycles. The molecule has 0 fully saturated rings. The van der Waals surface area contributed by atoms with E-state index in [1.54, 1.807) is 6.34 Å². The molecule has 0 amide bonds. The first-order valence-electron chi connectivity index (χ1n) is 1.65. The molecule has 0 bridgehead atoms. The summed E-state index contributed by atoms with van der Waals surface area (Å²) in [5.74, 6) is 0.